The molecule has 30 heavy (non-hydrogen) atoms. The number of anilines is 1. The third-order valence-electron chi connectivity index (χ3n) is 5.66. The number of ketones is 1. The molecule has 0 saturated heterocycles. The number of hydrogen-bond acceptors (Lipinski definition) is 5. The smallest absolute Gasteiger partial charge is 0.227 e. The Balaban J connectivity index is 1.54. The molecule has 0 spiro atoms. The van der Waals surface area contributed by atoms with Crippen LogP contribution in [0.3, 0.4) is 0 Å². The second-order valence-corrected chi connectivity index (χ2v) is 9.57. The molecule has 6 heteroatoms. The van der Waals surface area contributed by atoms with Crippen molar-refractivity contribution in [3.8, 4) is 0 Å². The number of hydrogen-bond donors (Lipinski definition) is 1. The van der Waals surface area contributed by atoms with Gasteiger partial charge in [-0.3, -0.25) is 4.79 Å². The van der Waals surface area contributed by atoms with Crippen molar-refractivity contribution in [1.29, 1.82) is 0 Å². The number of carbonyl (C=O) groups excluding carboxylic acids is 1. The van der Waals surface area contributed by atoms with Gasteiger partial charge in [0, 0.05) is 17.9 Å². The van der Waals surface area contributed by atoms with E-state index < -0.39 is 0 Å². The fourth-order valence-electron chi connectivity index (χ4n) is 4.37. The van der Waals surface area contributed by atoms with E-state index in [1.165, 1.54) is 5.56 Å². The second-order valence-electron chi connectivity index (χ2n) is 8.63. The van der Waals surface area contributed by atoms with Crippen LogP contribution in [0.2, 0.25) is 0 Å². The number of fused-ring (bicyclic) bond motifs is 2. The Morgan fingerprint density at radius 2 is 1.80 bits per heavy atom. The molecular weight excluding hydrogens is 392 g/mol. The molecule has 0 bridgehead atoms. The highest BCUT2D eigenvalue weighted by Gasteiger charge is 2.45. The first kappa shape index (κ1) is 19.1. The highest BCUT2D eigenvalue weighted by atomic mass is 32.2. The molecule has 1 aliphatic carbocycles. The third kappa shape index (κ3) is 3.56. The Labute approximate surface area is 180 Å². The van der Waals surface area contributed by atoms with Crippen molar-refractivity contribution >= 4 is 23.5 Å². The maximum atomic E-state index is 13.2. The summed E-state index contributed by atoms with van der Waals surface area (Å²) in [5.74, 6) is 1.49. The van der Waals surface area contributed by atoms with Gasteiger partial charge in [0.15, 0.2) is 0 Å². The standard InChI is InChI=1S/C24H24N4OS/c1-24(2)13-18-20(19(29)14-24)21(17-11-7-4-8-12-17)28-22(25-18)26-23(27-28)30-15-16-9-5-3-6-10-16/h3-13,20-21H,14-15H2,1-2H3,(H,25,26,27)/t20-,21-/m0/s1. The number of Topliss-reactive ketones (excluding diaryl/α,β-unsaturated/α-hetero) is 1. The number of nitrogens with one attached hydrogen (secondary N) is 1. The zero-order valence-electron chi connectivity index (χ0n) is 17.1. The topological polar surface area (TPSA) is 59.8 Å². The molecule has 3 aromatic rings. The number of nitrogens with zero attached hydrogens (tertiary/aromatic N) is 3. The minimum Gasteiger partial charge on any atom is -0.328 e. The number of rotatable bonds is 4. The average molecular weight is 417 g/mol. The lowest BCUT2D eigenvalue weighted by Crippen LogP contribution is -2.42. The Morgan fingerprint density at radius 1 is 1.10 bits per heavy atom. The lowest BCUT2D eigenvalue weighted by atomic mass is 9.72. The van der Waals surface area contributed by atoms with Gasteiger partial charge in [-0.2, -0.15) is 4.98 Å². The molecule has 152 valence electrons. The molecule has 0 amide bonds. The van der Waals surface area contributed by atoms with Gasteiger partial charge in [-0.1, -0.05) is 92.3 Å². The van der Waals surface area contributed by atoms with E-state index in [9.17, 15) is 4.79 Å². The zero-order valence-corrected chi connectivity index (χ0v) is 17.9. The van der Waals surface area contributed by atoms with Crippen LogP contribution in [0.15, 0.2) is 77.6 Å². The van der Waals surface area contributed by atoms with Crippen LogP contribution >= 0.6 is 11.8 Å². The predicted molar refractivity (Wildman–Crippen MR) is 119 cm³/mol. The lowest BCUT2D eigenvalue weighted by Gasteiger charge is -2.40. The second kappa shape index (κ2) is 7.43. The molecule has 0 radical (unpaired) electrons. The van der Waals surface area contributed by atoms with E-state index >= 15 is 0 Å². The first-order chi connectivity index (χ1) is 14.5. The molecule has 5 nitrogen and oxygen atoms in total. The van der Waals surface area contributed by atoms with Crippen LogP contribution in [-0.4, -0.2) is 20.5 Å². The number of allylic oxidation sites excluding steroid dienone is 2. The summed E-state index contributed by atoms with van der Waals surface area (Å²) in [6.45, 7) is 4.21. The minimum absolute atomic E-state index is 0.162. The minimum atomic E-state index is -0.262. The number of benzene rings is 2. The first-order valence-corrected chi connectivity index (χ1v) is 11.2. The molecule has 1 N–H and O–H groups in total. The molecule has 1 aromatic heterocycles. The fourth-order valence-corrected chi connectivity index (χ4v) is 5.16. The molecule has 2 heterocycles. The maximum Gasteiger partial charge on any atom is 0.227 e. The van der Waals surface area contributed by atoms with Crippen molar-refractivity contribution in [3.63, 3.8) is 0 Å². The Kier molecular flexibility index (Phi) is 4.74. The summed E-state index contributed by atoms with van der Waals surface area (Å²) in [5, 5.41) is 8.95. The largest absolute Gasteiger partial charge is 0.328 e. The SMILES string of the molecule is CC1(C)C=C2Nc3nc(SCc4ccccc4)nn3[C@@H](c3ccccc3)[C@@H]2C(=O)C1. The van der Waals surface area contributed by atoms with Crippen LogP contribution in [0.4, 0.5) is 5.95 Å². The van der Waals surface area contributed by atoms with Crippen LogP contribution < -0.4 is 5.32 Å². The lowest BCUT2D eigenvalue weighted by molar-refractivity contribution is -0.125. The highest BCUT2D eigenvalue weighted by Crippen LogP contribution is 2.45. The molecule has 1 aliphatic heterocycles. The van der Waals surface area contributed by atoms with Crippen LogP contribution in [0, 0.1) is 11.3 Å². The van der Waals surface area contributed by atoms with E-state index in [2.05, 4.69) is 49.5 Å². The predicted octanol–water partition coefficient (Wildman–Crippen LogP) is 5.08. The van der Waals surface area contributed by atoms with E-state index in [4.69, 9.17) is 10.1 Å². The molecule has 0 fully saturated rings. The van der Waals surface area contributed by atoms with Gasteiger partial charge in [0.05, 0.1) is 12.0 Å². The summed E-state index contributed by atoms with van der Waals surface area (Å²) in [5.41, 5.74) is 3.10. The molecule has 2 atom stereocenters. The Hall–Kier alpha value is -2.86. The van der Waals surface area contributed by atoms with E-state index in [0.29, 0.717) is 17.5 Å². The van der Waals surface area contributed by atoms with Gasteiger partial charge in [0.2, 0.25) is 11.1 Å². The maximum absolute atomic E-state index is 13.2. The van der Waals surface area contributed by atoms with E-state index in [0.717, 1.165) is 17.0 Å². The van der Waals surface area contributed by atoms with Gasteiger partial charge in [0.25, 0.3) is 0 Å². The average Bonchev–Trinajstić information content (AvgIpc) is 3.13. The van der Waals surface area contributed by atoms with E-state index in [1.807, 2.05) is 41.1 Å². The van der Waals surface area contributed by atoms with E-state index in [-0.39, 0.29) is 23.2 Å². The van der Waals surface area contributed by atoms with Crippen molar-refractivity contribution in [2.24, 2.45) is 11.3 Å². The first-order valence-electron chi connectivity index (χ1n) is 10.2. The number of thioether (sulfide) groups is 1. The summed E-state index contributed by atoms with van der Waals surface area (Å²) < 4.78 is 1.90. The molecular formula is C24H24N4OS. The van der Waals surface area contributed by atoms with Gasteiger partial charge < -0.3 is 5.32 Å². The summed E-state index contributed by atoms with van der Waals surface area (Å²) >= 11 is 1.61. The van der Waals surface area contributed by atoms with Crippen LogP contribution in [0.1, 0.15) is 37.4 Å². The van der Waals surface area contributed by atoms with Gasteiger partial charge in [-0.25, -0.2) is 4.68 Å². The van der Waals surface area contributed by atoms with Crippen LogP contribution in [0.25, 0.3) is 0 Å². The summed E-state index contributed by atoms with van der Waals surface area (Å²) in [7, 11) is 0. The molecule has 2 aliphatic rings. The normalized spacial score (nSPS) is 21.9. The zero-order chi connectivity index (χ0) is 20.7. The van der Waals surface area contributed by atoms with Crippen molar-refractivity contribution in [2.45, 2.75) is 37.2 Å². The molecule has 0 unspecified atom stereocenters. The number of aromatic nitrogens is 3. The molecule has 0 saturated carbocycles. The monoisotopic (exact) mass is 416 g/mol. The van der Waals surface area contributed by atoms with Crippen LogP contribution in [-0.2, 0) is 10.5 Å². The quantitative estimate of drug-likeness (QED) is 0.601. The summed E-state index contributed by atoms with van der Waals surface area (Å²) in [6.07, 6.45) is 2.73. The molecule has 5 rings (SSSR count). The van der Waals surface area contributed by atoms with Gasteiger partial charge in [-0.05, 0) is 16.5 Å². The Morgan fingerprint density at radius 3 is 2.53 bits per heavy atom. The highest BCUT2D eigenvalue weighted by molar-refractivity contribution is 7.98. The summed E-state index contributed by atoms with van der Waals surface area (Å²) in [4.78, 5) is 18.0. The van der Waals surface area contributed by atoms with Gasteiger partial charge >= 0.3 is 0 Å². The van der Waals surface area contributed by atoms with Crippen molar-refractivity contribution in [1.82, 2.24) is 14.8 Å². The van der Waals surface area contributed by atoms with Crippen molar-refractivity contribution < 1.29 is 4.79 Å². The van der Waals surface area contributed by atoms with Crippen molar-refractivity contribution in [2.75, 3.05) is 5.32 Å². The third-order valence-corrected chi connectivity index (χ3v) is 6.57. The van der Waals surface area contributed by atoms with Gasteiger partial charge in [0.1, 0.15) is 5.78 Å². The molecule has 2 aromatic carbocycles. The van der Waals surface area contributed by atoms with Crippen molar-refractivity contribution in [3.05, 3.63) is 83.6 Å². The number of carbonyl (C=O) groups is 1. The van der Waals surface area contributed by atoms with Crippen LogP contribution in [0.5, 0.6) is 0 Å². The summed E-state index contributed by atoms with van der Waals surface area (Å²) in [6, 6.07) is 20.3. The van der Waals surface area contributed by atoms with Gasteiger partial charge in [-0.15, -0.1) is 5.10 Å². The fraction of sp³-hybridized carbons (Fsp3) is 0.292. The Bertz CT molecular complexity index is 1100. The van der Waals surface area contributed by atoms with E-state index in [1.54, 1.807) is 11.8 Å².